The fourth-order valence-electron chi connectivity index (χ4n) is 0.801. The molecule has 1 aromatic rings. The van der Waals surface area contributed by atoms with Crippen LogP contribution in [0.25, 0.3) is 0 Å². The second-order valence-electron chi connectivity index (χ2n) is 1.88. The zero-order valence-electron chi connectivity index (χ0n) is 4.76. The van der Waals surface area contributed by atoms with Gasteiger partial charge in [0.15, 0.2) is 0 Å². The molecule has 0 bridgehead atoms. The molecule has 2 heteroatoms. The number of benzene rings is 1. The van der Waals surface area contributed by atoms with Crippen LogP contribution in [0.5, 0.6) is 5.75 Å². The molecule has 0 unspecified atom stereocenters. The van der Waals surface area contributed by atoms with Crippen LogP contribution in [0, 0.1) is 6.07 Å². The molecule has 0 aliphatic carbocycles. The van der Waals surface area contributed by atoms with Gasteiger partial charge in [-0.2, -0.15) is 0 Å². The van der Waals surface area contributed by atoms with E-state index in [1.807, 2.05) is 18.2 Å². The Balaban J connectivity index is 2.54. The molecule has 2 rings (SSSR count). The van der Waals surface area contributed by atoms with Crippen molar-refractivity contribution in [2.24, 2.45) is 0 Å². The Morgan fingerprint density at radius 3 is 3.56 bits per heavy atom. The van der Waals surface area contributed by atoms with Crippen molar-refractivity contribution in [2.75, 3.05) is 0 Å². The van der Waals surface area contributed by atoms with Crippen LogP contribution < -0.4 is 4.18 Å². The molecule has 1 aromatic carbocycles. The Bertz CT molecular complexity index is 199. The van der Waals surface area contributed by atoms with Gasteiger partial charge in [-0.05, 0) is 18.2 Å². The first-order valence-corrected chi connectivity index (χ1v) is 3.66. The van der Waals surface area contributed by atoms with Gasteiger partial charge in [0.2, 0.25) is 0 Å². The highest BCUT2D eigenvalue weighted by molar-refractivity contribution is 7.94. The zero-order chi connectivity index (χ0) is 6.10. The van der Waals surface area contributed by atoms with Crippen LogP contribution in [-0.2, 0) is 5.75 Å². The molecule has 1 aliphatic rings. The molecule has 0 N–H and O–H groups in total. The van der Waals surface area contributed by atoms with Crippen LogP contribution in [0.1, 0.15) is 5.56 Å². The summed E-state index contributed by atoms with van der Waals surface area (Å²) in [6.07, 6.45) is 0. The summed E-state index contributed by atoms with van der Waals surface area (Å²) in [5, 5.41) is 0. The first-order chi connectivity index (χ1) is 4.47. The first kappa shape index (κ1) is 5.18. The van der Waals surface area contributed by atoms with Gasteiger partial charge in [-0.1, -0.05) is 6.07 Å². The van der Waals surface area contributed by atoms with E-state index in [1.54, 1.807) is 0 Å². The molecule has 0 atom stereocenters. The van der Waals surface area contributed by atoms with Crippen molar-refractivity contribution in [3.8, 4) is 5.75 Å². The monoisotopic (exact) mass is 137 g/mol. The Kier molecular flexibility index (Phi) is 1.12. The molecule has 0 saturated carbocycles. The summed E-state index contributed by atoms with van der Waals surface area (Å²) in [4.78, 5) is 0. The summed E-state index contributed by atoms with van der Waals surface area (Å²) in [6, 6.07) is 8.77. The van der Waals surface area contributed by atoms with Crippen LogP contribution >= 0.6 is 12.0 Å². The standard InChI is InChI=1S/C7H5OS/c1-2-4-7-6(3-1)5-9-8-7/h2-4H,5H2. The average Bonchev–Trinajstić information content (AvgIpc) is 2.33. The molecule has 1 heterocycles. The lowest BCUT2D eigenvalue weighted by Crippen LogP contribution is -1.72. The van der Waals surface area contributed by atoms with Crippen molar-refractivity contribution < 1.29 is 4.18 Å². The number of rotatable bonds is 0. The third-order valence-electron chi connectivity index (χ3n) is 1.27. The second-order valence-corrected chi connectivity index (χ2v) is 2.57. The zero-order valence-corrected chi connectivity index (χ0v) is 5.57. The highest BCUT2D eigenvalue weighted by atomic mass is 32.2. The van der Waals surface area contributed by atoms with E-state index in [0.717, 1.165) is 11.5 Å². The highest BCUT2D eigenvalue weighted by Gasteiger charge is 2.10. The molecule has 0 aromatic heterocycles. The van der Waals surface area contributed by atoms with Gasteiger partial charge < -0.3 is 4.18 Å². The minimum absolute atomic E-state index is 0.965. The quantitative estimate of drug-likeness (QED) is 0.506. The SMILES string of the molecule is [c]1ccc2c(c1)CSO2. The van der Waals surface area contributed by atoms with E-state index in [2.05, 4.69) is 6.07 Å². The van der Waals surface area contributed by atoms with E-state index in [9.17, 15) is 0 Å². The summed E-state index contributed by atoms with van der Waals surface area (Å²) < 4.78 is 5.20. The van der Waals surface area contributed by atoms with E-state index in [0.29, 0.717) is 0 Å². The molecular formula is C7H5OS. The molecule has 0 saturated heterocycles. The third-order valence-corrected chi connectivity index (χ3v) is 1.99. The molecule has 0 fully saturated rings. The Labute approximate surface area is 58.2 Å². The summed E-state index contributed by atoms with van der Waals surface area (Å²) in [5.41, 5.74) is 1.25. The van der Waals surface area contributed by atoms with Crippen molar-refractivity contribution in [1.82, 2.24) is 0 Å². The fourth-order valence-corrected chi connectivity index (χ4v) is 1.50. The summed E-state index contributed by atoms with van der Waals surface area (Å²) in [7, 11) is 0. The maximum Gasteiger partial charge on any atom is 0.141 e. The lowest BCUT2D eigenvalue weighted by atomic mass is 10.2. The van der Waals surface area contributed by atoms with Gasteiger partial charge in [0.05, 0.1) is 17.8 Å². The van der Waals surface area contributed by atoms with Gasteiger partial charge >= 0.3 is 0 Å². The Hall–Kier alpha value is -0.630. The lowest BCUT2D eigenvalue weighted by molar-refractivity contribution is 0.661. The number of hydrogen-bond donors (Lipinski definition) is 0. The van der Waals surface area contributed by atoms with Gasteiger partial charge in [0, 0.05) is 5.56 Å². The van der Waals surface area contributed by atoms with E-state index in [4.69, 9.17) is 4.18 Å². The predicted octanol–water partition coefficient (Wildman–Crippen LogP) is 2.03. The molecular weight excluding hydrogens is 132 g/mol. The van der Waals surface area contributed by atoms with E-state index >= 15 is 0 Å². The van der Waals surface area contributed by atoms with Crippen LogP contribution in [0.3, 0.4) is 0 Å². The van der Waals surface area contributed by atoms with Gasteiger partial charge in [-0.25, -0.2) is 0 Å². The fraction of sp³-hybridized carbons (Fsp3) is 0.143. The predicted molar refractivity (Wildman–Crippen MR) is 37.2 cm³/mol. The van der Waals surface area contributed by atoms with Gasteiger partial charge in [0.25, 0.3) is 0 Å². The number of hydrogen-bond acceptors (Lipinski definition) is 2. The summed E-state index contributed by atoms with van der Waals surface area (Å²) in [5.74, 6) is 1.96. The molecule has 0 spiro atoms. The Morgan fingerprint density at radius 1 is 1.67 bits per heavy atom. The second kappa shape index (κ2) is 1.95. The summed E-state index contributed by atoms with van der Waals surface area (Å²) >= 11 is 1.48. The molecule has 45 valence electrons. The molecule has 0 amide bonds. The number of fused-ring (bicyclic) bond motifs is 1. The van der Waals surface area contributed by atoms with Crippen LogP contribution in [0.2, 0.25) is 0 Å². The molecule has 1 aliphatic heterocycles. The van der Waals surface area contributed by atoms with E-state index in [1.165, 1.54) is 17.6 Å². The van der Waals surface area contributed by atoms with Crippen LogP contribution in [-0.4, -0.2) is 0 Å². The molecule has 9 heavy (non-hydrogen) atoms. The topological polar surface area (TPSA) is 9.23 Å². The van der Waals surface area contributed by atoms with Crippen molar-refractivity contribution >= 4 is 12.0 Å². The smallest absolute Gasteiger partial charge is 0.141 e. The molecule has 1 nitrogen and oxygen atoms in total. The Morgan fingerprint density at radius 2 is 2.67 bits per heavy atom. The van der Waals surface area contributed by atoms with E-state index < -0.39 is 0 Å². The van der Waals surface area contributed by atoms with Crippen molar-refractivity contribution in [3.05, 3.63) is 29.8 Å². The van der Waals surface area contributed by atoms with Crippen LogP contribution in [0.4, 0.5) is 0 Å². The average molecular weight is 137 g/mol. The minimum atomic E-state index is 0.965. The maximum absolute atomic E-state index is 5.20. The minimum Gasteiger partial charge on any atom is -0.425 e. The van der Waals surface area contributed by atoms with Gasteiger partial charge in [0.1, 0.15) is 5.75 Å². The maximum atomic E-state index is 5.20. The molecule has 1 radical (unpaired) electrons. The van der Waals surface area contributed by atoms with E-state index in [-0.39, 0.29) is 0 Å². The van der Waals surface area contributed by atoms with Gasteiger partial charge in [-0.15, -0.1) is 0 Å². The normalized spacial score (nSPS) is 14.7. The lowest BCUT2D eigenvalue weighted by Gasteiger charge is -1.91. The van der Waals surface area contributed by atoms with Gasteiger partial charge in [-0.3, -0.25) is 0 Å². The van der Waals surface area contributed by atoms with Crippen LogP contribution in [0.15, 0.2) is 18.2 Å². The third kappa shape index (κ3) is 0.793. The van der Waals surface area contributed by atoms with Crippen molar-refractivity contribution in [1.29, 1.82) is 0 Å². The van der Waals surface area contributed by atoms with Crippen molar-refractivity contribution in [3.63, 3.8) is 0 Å². The highest BCUT2D eigenvalue weighted by Crippen LogP contribution is 2.32. The summed E-state index contributed by atoms with van der Waals surface area (Å²) in [6.45, 7) is 0. The largest absolute Gasteiger partial charge is 0.425 e. The van der Waals surface area contributed by atoms with Crippen molar-refractivity contribution in [2.45, 2.75) is 5.75 Å². The first-order valence-electron chi connectivity index (χ1n) is 2.75.